The Morgan fingerprint density at radius 2 is 1.91 bits per heavy atom. The first-order chi connectivity index (χ1) is 11.1. The molecule has 1 fully saturated rings. The van der Waals surface area contributed by atoms with Gasteiger partial charge in [-0.3, -0.25) is 4.79 Å². The van der Waals surface area contributed by atoms with Crippen LogP contribution in [-0.4, -0.2) is 34.9 Å². The van der Waals surface area contributed by atoms with Gasteiger partial charge in [0, 0.05) is 37.1 Å². The number of benzene rings is 1. The zero-order valence-electron chi connectivity index (χ0n) is 13.3. The molecule has 1 aliphatic heterocycles. The number of nitrogens with zero attached hydrogens (tertiary/aromatic N) is 1. The van der Waals surface area contributed by atoms with E-state index in [0.29, 0.717) is 11.5 Å². The van der Waals surface area contributed by atoms with Crippen LogP contribution in [0.15, 0.2) is 36.7 Å². The number of H-pyrrole nitrogens is 1. The Bertz CT molecular complexity index is 670. The van der Waals surface area contributed by atoms with Gasteiger partial charge in [-0.2, -0.15) is 0 Å². The maximum absolute atomic E-state index is 13.1. The lowest BCUT2D eigenvalue weighted by molar-refractivity contribution is 0.0682. The topological polar surface area (TPSA) is 62.1 Å². The van der Waals surface area contributed by atoms with Crippen molar-refractivity contribution < 1.29 is 9.18 Å². The van der Waals surface area contributed by atoms with Crippen molar-refractivity contribution >= 4 is 5.91 Å². The summed E-state index contributed by atoms with van der Waals surface area (Å²) < 4.78 is 13.1. The van der Waals surface area contributed by atoms with E-state index < -0.39 is 0 Å². The Morgan fingerprint density at radius 1 is 1.26 bits per heavy atom. The Morgan fingerprint density at radius 3 is 2.52 bits per heavy atom. The number of carbonyl (C=O) groups excluding carboxylic acids is 1. The number of aromatic amines is 1. The van der Waals surface area contributed by atoms with Crippen molar-refractivity contribution in [3.63, 3.8) is 0 Å². The summed E-state index contributed by atoms with van der Waals surface area (Å²) in [7, 11) is 0. The lowest BCUT2D eigenvalue weighted by Crippen LogP contribution is -2.42. The second kappa shape index (κ2) is 6.54. The van der Waals surface area contributed by atoms with Crippen LogP contribution < -0.4 is 5.73 Å². The van der Waals surface area contributed by atoms with Gasteiger partial charge in [0.2, 0.25) is 0 Å². The van der Waals surface area contributed by atoms with Gasteiger partial charge in [0.15, 0.2) is 0 Å². The summed E-state index contributed by atoms with van der Waals surface area (Å²) >= 11 is 0. The highest BCUT2D eigenvalue weighted by molar-refractivity contribution is 6.00. The molecule has 23 heavy (non-hydrogen) atoms. The molecule has 0 radical (unpaired) electrons. The van der Waals surface area contributed by atoms with Crippen molar-refractivity contribution in [2.75, 3.05) is 13.1 Å². The number of nitrogens with one attached hydrogen (secondary N) is 1. The number of hydrogen-bond acceptors (Lipinski definition) is 2. The Kier molecular flexibility index (Phi) is 4.48. The number of halogens is 1. The first-order valence-corrected chi connectivity index (χ1v) is 8.04. The predicted octanol–water partition coefficient (Wildman–Crippen LogP) is 3.02. The third-order valence-electron chi connectivity index (χ3n) is 4.70. The van der Waals surface area contributed by atoms with E-state index in [4.69, 9.17) is 5.73 Å². The fourth-order valence-corrected chi connectivity index (χ4v) is 3.21. The minimum absolute atomic E-state index is 0.0219. The van der Waals surface area contributed by atoms with Gasteiger partial charge < -0.3 is 15.6 Å². The molecule has 2 heterocycles. The molecule has 122 valence electrons. The second-order valence-electron chi connectivity index (χ2n) is 6.28. The average molecular weight is 315 g/mol. The fraction of sp³-hybridized carbons (Fsp3) is 0.389. The smallest absolute Gasteiger partial charge is 0.256 e. The van der Waals surface area contributed by atoms with Gasteiger partial charge in [-0.15, -0.1) is 0 Å². The summed E-state index contributed by atoms with van der Waals surface area (Å²) in [5.74, 6) is 0.227. The molecule has 1 saturated heterocycles. The highest BCUT2D eigenvalue weighted by Gasteiger charge is 2.27. The normalized spacial score (nSPS) is 17.3. The van der Waals surface area contributed by atoms with E-state index in [-0.39, 0.29) is 17.8 Å². The van der Waals surface area contributed by atoms with Crippen LogP contribution in [0.3, 0.4) is 0 Å². The first kappa shape index (κ1) is 15.7. The van der Waals surface area contributed by atoms with Gasteiger partial charge in [0.25, 0.3) is 5.91 Å². The molecule has 5 heteroatoms. The Balaban J connectivity index is 1.77. The van der Waals surface area contributed by atoms with E-state index in [0.717, 1.165) is 37.1 Å². The molecular weight excluding hydrogens is 293 g/mol. The summed E-state index contributed by atoms with van der Waals surface area (Å²) in [6.45, 7) is 3.50. The SMILES string of the molecule is CC(N)C1CCN(C(=O)c2c[nH]cc2-c2ccc(F)cc2)CC1. The summed E-state index contributed by atoms with van der Waals surface area (Å²) in [6.07, 6.45) is 5.40. The number of hydrogen-bond donors (Lipinski definition) is 2. The number of nitrogens with two attached hydrogens (primary N) is 1. The van der Waals surface area contributed by atoms with Crippen molar-refractivity contribution in [1.82, 2.24) is 9.88 Å². The monoisotopic (exact) mass is 315 g/mol. The van der Waals surface area contributed by atoms with E-state index in [1.807, 2.05) is 11.8 Å². The van der Waals surface area contributed by atoms with Crippen molar-refractivity contribution in [1.29, 1.82) is 0 Å². The van der Waals surface area contributed by atoms with Crippen LogP contribution in [0.25, 0.3) is 11.1 Å². The summed E-state index contributed by atoms with van der Waals surface area (Å²) in [5.41, 5.74) is 8.24. The molecule has 0 saturated carbocycles. The zero-order chi connectivity index (χ0) is 16.4. The van der Waals surface area contributed by atoms with Crippen LogP contribution in [0, 0.1) is 11.7 Å². The number of piperidine rings is 1. The van der Waals surface area contributed by atoms with Gasteiger partial charge in [-0.1, -0.05) is 12.1 Å². The van der Waals surface area contributed by atoms with Gasteiger partial charge in [0.1, 0.15) is 5.82 Å². The van der Waals surface area contributed by atoms with E-state index in [1.165, 1.54) is 12.1 Å². The van der Waals surface area contributed by atoms with Gasteiger partial charge >= 0.3 is 0 Å². The maximum Gasteiger partial charge on any atom is 0.256 e. The van der Waals surface area contributed by atoms with Gasteiger partial charge in [-0.05, 0) is 43.4 Å². The predicted molar refractivity (Wildman–Crippen MR) is 88.5 cm³/mol. The van der Waals surface area contributed by atoms with Crippen molar-refractivity contribution in [3.8, 4) is 11.1 Å². The quantitative estimate of drug-likeness (QED) is 0.914. The molecule has 1 atom stereocenters. The first-order valence-electron chi connectivity index (χ1n) is 8.04. The third-order valence-corrected chi connectivity index (χ3v) is 4.70. The van der Waals surface area contributed by atoms with E-state index in [1.54, 1.807) is 24.5 Å². The minimum Gasteiger partial charge on any atom is -0.366 e. The number of aromatic nitrogens is 1. The van der Waals surface area contributed by atoms with Crippen LogP contribution >= 0.6 is 0 Å². The molecule has 1 aromatic heterocycles. The van der Waals surface area contributed by atoms with Crippen LogP contribution in [-0.2, 0) is 0 Å². The van der Waals surface area contributed by atoms with Gasteiger partial charge in [-0.25, -0.2) is 4.39 Å². The second-order valence-corrected chi connectivity index (χ2v) is 6.28. The molecule has 3 rings (SSSR count). The van der Waals surface area contributed by atoms with Crippen LogP contribution in [0.2, 0.25) is 0 Å². The number of amides is 1. The standard InChI is InChI=1S/C18H22FN3O/c1-12(20)13-6-8-22(9-7-13)18(23)17-11-21-10-16(17)14-2-4-15(19)5-3-14/h2-5,10-13,21H,6-9,20H2,1H3. The summed E-state index contributed by atoms with van der Waals surface area (Å²) in [5, 5.41) is 0. The van der Waals surface area contributed by atoms with Crippen molar-refractivity contribution in [3.05, 3.63) is 48.0 Å². The molecule has 0 bridgehead atoms. The van der Waals surface area contributed by atoms with Gasteiger partial charge in [0.05, 0.1) is 5.56 Å². The molecule has 1 unspecified atom stereocenters. The highest BCUT2D eigenvalue weighted by Crippen LogP contribution is 2.27. The molecule has 3 N–H and O–H groups in total. The number of carbonyl (C=O) groups is 1. The average Bonchev–Trinajstić information content (AvgIpc) is 3.04. The Hall–Kier alpha value is -2.14. The lowest BCUT2D eigenvalue weighted by atomic mass is 9.90. The summed E-state index contributed by atoms with van der Waals surface area (Å²) in [4.78, 5) is 17.7. The number of rotatable bonds is 3. The third kappa shape index (κ3) is 3.29. The lowest BCUT2D eigenvalue weighted by Gasteiger charge is -2.33. The molecule has 0 aliphatic carbocycles. The van der Waals surface area contributed by atoms with E-state index >= 15 is 0 Å². The molecule has 0 spiro atoms. The van der Waals surface area contributed by atoms with E-state index in [9.17, 15) is 9.18 Å². The van der Waals surface area contributed by atoms with Crippen LogP contribution in [0.1, 0.15) is 30.1 Å². The van der Waals surface area contributed by atoms with Crippen LogP contribution in [0.5, 0.6) is 0 Å². The zero-order valence-corrected chi connectivity index (χ0v) is 13.3. The highest BCUT2D eigenvalue weighted by atomic mass is 19.1. The molecular formula is C18H22FN3O. The van der Waals surface area contributed by atoms with Crippen molar-refractivity contribution in [2.45, 2.75) is 25.8 Å². The molecule has 2 aromatic rings. The maximum atomic E-state index is 13.1. The fourth-order valence-electron chi connectivity index (χ4n) is 3.21. The van der Waals surface area contributed by atoms with Crippen molar-refractivity contribution in [2.24, 2.45) is 11.7 Å². The van der Waals surface area contributed by atoms with E-state index in [2.05, 4.69) is 4.98 Å². The molecule has 1 aromatic carbocycles. The molecule has 4 nitrogen and oxygen atoms in total. The molecule has 1 amide bonds. The number of likely N-dealkylation sites (tertiary alicyclic amines) is 1. The Labute approximate surface area is 135 Å². The largest absolute Gasteiger partial charge is 0.366 e. The minimum atomic E-state index is -0.282. The summed E-state index contributed by atoms with van der Waals surface area (Å²) in [6, 6.07) is 6.37. The van der Waals surface area contributed by atoms with Crippen LogP contribution in [0.4, 0.5) is 4.39 Å². The molecule has 1 aliphatic rings.